The average Bonchev–Trinajstić information content (AvgIpc) is 2.72. The van der Waals surface area contributed by atoms with E-state index in [0.29, 0.717) is 22.0 Å². The number of halogens is 1. The van der Waals surface area contributed by atoms with Crippen LogP contribution in [-0.4, -0.2) is 14.3 Å². The molecule has 0 radical (unpaired) electrons. The molecule has 3 rings (SSSR count). The fraction of sp³-hybridized carbons (Fsp3) is 0.235. The summed E-state index contributed by atoms with van der Waals surface area (Å²) in [6.07, 6.45) is 0. The third-order valence-electron chi connectivity index (χ3n) is 4.21. The highest BCUT2D eigenvalue weighted by Crippen LogP contribution is 2.38. The first-order chi connectivity index (χ1) is 11.1. The van der Waals surface area contributed by atoms with Crippen LogP contribution >= 0.6 is 11.6 Å². The molecule has 5 nitrogen and oxygen atoms in total. The minimum absolute atomic E-state index is 0.0996. The van der Waals surface area contributed by atoms with Gasteiger partial charge in [-0.3, -0.25) is 9.52 Å². The summed E-state index contributed by atoms with van der Waals surface area (Å²) in [4.78, 5) is 12.1. The average molecular weight is 365 g/mol. The van der Waals surface area contributed by atoms with Crippen molar-refractivity contribution in [3.8, 4) is 0 Å². The van der Waals surface area contributed by atoms with Crippen molar-refractivity contribution in [2.75, 3.05) is 10.0 Å². The molecule has 0 spiro atoms. The van der Waals surface area contributed by atoms with Crippen LogP contribution in [0.5, 0.6) is 0 Å². The molecule has 0 saturated heterocycles. The Morgan fingerprint density at radius 3 is 2.50 bits per heavy atom. The molecule has 0 atom stereocenters. The van der Waals surface area contributed by atoms with Gasteiger partial charge in [0.25, 0.3) is 10.0 Å². The number of carbonyl (C=O) groups excluding carboxylic acids is 1. The maximum Gasteiger partial charge on any atom is 0.261 e. The molecule has 0 aromatic heterocycles. The predicted octanol–water partition coefficient (Wildman–Crippen LogP) is 3.68. The number of sulfonamides is 1. The van der Waals surface area contributed by atoms with E-state index >= 15 is 0 Å². The molecule has 24 heavy (non-hydrogen) atoms. The number of aryl methyl sites for hydroxylation is 1. The quantitative estimate of drug-likeness (QED) is 0.872. The van der Waals surface area contributed by atoms with Gasteiger partial charge in [-0.1, -0.05) is 17.7 Å². The van der Waals surface area contributed by atoms with E-state index in [2.05, 4.69) is 10.0 Å². The minimum atomic E-state index is -3.78. The molecule has 0 fully saturated rings. The maximum absolute atomic E-state index is 12.6. The first-order valence-electron chi connectivity index (χ1n) is 7.36. The molecule has 1 aliphatic rings. The van der Waals surface area contributed by atoms with E-state index in [0.717, 1.165) is 5.56 Å². The van der Waals surface area contributed by atoms with Gasteiger partial charge in [0.2, 0.25) is 5.91 Å². The molecule has 1 heterocycles. The van der Waals surface area contributed by atoms with Gasteiger partial charge in [0.05, 0.1) is 16.0 Å². The Morgan fingerprint density at radius 2 is 1.83 bits per heavy atom. The molecule has 1 aliphatic heterocycles. The van der Waals surface area contributed by atoms with Crippen LogP contribution in [-0.2, 0) is 20.2 Å². The lowest BCUT2D eigenvalue weighted by Crippen LogP contribution is -2.27. The van der Waals surface area contributed by atoms with Crippen LogP contribution in [0.15, 0.2) is 41.3 Å². The normalized spacial score (nSPS) is 15.8. The van der Waals surface area contributed by atoms with Gasteiger partial charge in [0.15, 0.2) is 0 Å². The van der Waals surface area contributed by atoms with Crippen LogP contribution in [0, 0.1) is 6.92 Å². The van der Waals surface area contributed by atoms with E-state index in [1.807, 2.05) is 6.92 Å². The molecule has 1 amide bonds. The summed E-state index contributed by atoms with van der Waals surface area (Å²) in [5.41, 5.74) is 1.79. The molecule has 7 heteroatoms. The van der Waals surface area contributed by atoms with Crippen LogP contribution < -0.4 is 10.0 Å². The lowest BCUT2D eigenvalue weighted by atomic mass is 9.86. The summed E-state index contributed by atoms with van der Waals surface area (Å²) >= 11 is 6.04. The van der Waals surface area contributed by atoms with Crippen LogP contribution in [0.2, 0.25) is 5.02 Å². The molecule has 2 N–H and O–H groups in total. The third kappa shape index (κ3) is 2.76. The molecule has 2 aromatic rings. The number of hydrogen-bond acceptors (Lipinski definition) is 3. The Kier molecular flexibility index (Phi) is 3.85. The molecule has 0 saturated carbocycles. The smallest absolute Gasteiger partial charge is 0.261 e. The first kappa shape index (κ1) is 16.8. The van der Waals surface area contributed by atoms with E-state index < -0.39 is 15.4 Å². The minimum Gasteiger partial charge on any atom is -0.325 e. The lowest BCUT2D eigenvalue weighted by Gasteiger charge is -2.16. The van der Waals surface area contributed by atoms with Gasteiger partial charge in [-0.05, 0) is 62.2 Å². The van der Waals surface area contributed by atoms with Gasteiger partial charge in [-0.2, -0.15) is 0 Å². The molecular formula is C17H17ClN2O3S. The van der Waals surface area contributed by atoms with Crippen LogP contribution in [0.4, 0.5) is 11.4 Å². The van der Waals surface area contributed by atoms with Crippen molar-refractivity contribution in [3.63, 3.8) is 0 Å². The van der Waals surface area contributed by atoms with Crippen molar-refractivity contribution in [2.45, 2.75) is 31.1 Å². The lowest BCUT2D eigenvalue weighted by molar-refractivity contribution is -0.119. The zero-order valence-corrected chi connectivity index (χ0v) is 15.0. The van der Waals surface area contributed by atoms with Crippen molar-refractivity contribution in [1.82, 2.24) is 0 Å². The Morgan fingerprint density at radius 1 is 1.12 bits per heavy atom. The molecular weight excluding hydrogens is 348 g/mol. The van der Waals surface area contributed by atoms with Crippen molar-refractivity contribution < 1.29 is 13.2 Å². The number of nitrogens with one attached hydrogen (secondary N) is 2. The fourth-order valence-corrected chi connectivity index (χ4v) is 3.84. The maximum atomic E-state index is 12.6. The van der Waals surface area contributed by atoms with Crippen LogP contribution in [0.25, 0.3) is 0 Å². The fourth-order valence-electron chi connectivity index (χ4n) is 2.59. The molecule has 0 aliphatic carbocycles. The Balaban J connectivity index is 1.98. The van der Waals surface area contributed by atoms with E-state index in [1.54, 1.807) is 38.1 Å². The number of hydrogen-bond donors (Lipinski definition) is 2. The van der Waals surface area contributed by atoms with Gasteiger partial charge in [-0.15, -0.1) is 0 Å². The van der Waals surface area contributed by atoms with Gasteiger partial charge in [0, 0.05) is 10.7 Å². The van der Waals surface area contributed by atoms with Gasteiger partial charge >= 0.3 is 0 Å². The zero-order valence-electron chi connectivity index (χ0n) is 13.5. The van der Waals surface area contributed by atoms with Crippen LogP contribution in [0.3, 0.4) is 0 Å². The second kappa shape index (κ2) is 5.50. The monoisotopic (exact) mass is 364 g/mol. The highest BCUT2D eigenvalue weighted by molar-refractivity contribution is 7.92. The summed E-state index contributed by atoms with van der Waals surface area (Å²) in [7, 11) is -3.78. The van der Waals surface area contributed by atoms with E-state index in [9.17, 15) is 13.2 Å². The summed E-state index contributed by atoms with van der Waals surface area (Å²) in [5.74, 6) is -0.148. The Hall–Kier alpha value is -2.05. The van der Waals surface area contributed by atoms with Crippen LogP contribution in [0.1, 0.15) is 25.0 Å². The summed E-state index contributed by atoms with van der Waals surface area (Å²) in [5, 5.41) is 3.24. The molecule has 0 bridgehead atoms. The molecule has 2 aromatic carbocycles. The van der Waals surface area contributed by atoms with E-state index in [1.165, 1.54) is 12.1 Å². The topological polar surface area (TPSA) is 75.3 Å². The second-order valence-corrected chi connectivity index (χ2v) is 8.45. The van der Waals surface area contributed by atoms with Crippen molar-refractivity contribution in [1.29, 1.82) is 0 Å². The first-order valence-corrected chi connectivity index (χ1v) is 9.22. The number of benzene rings is 2. The number of amides is 1. The standard InChI is InChI=1S/C17H17ClN2O3S/c1-10-4-5-11(8-14(10)18)20-24(22,23)12-6-7-15-13(9-12)17(2,3)16(21)19-15/h4-9,20H,1-3H3,(H,19,21). The van der Waals surface area contributed by atoms with Gasteiger partial charge in [0.1, 0.15) is 0 Å². The largest absolute Gasteiger partial charge is 0.325 e. The third-order valence-corrected chi connectivity index (χ3v) is 6.00. The highest BCUT2D eigenvalue weighted by Gasteiger charge is 2.39. The number of fused-ring (bicyclic) bond motifs is 1. The second-order valence-electron chi connectivity index (χ2n) is 6.36. The Labute approximate surface area is 146 Å². The number of carbonyl (C=O) groups is 1. The van der Waals surface area contributed by atoms with Crippen molar-refractivity contribution in [2.24, 2.45) is 0 Å². The van der Waals surface area contributed by atoms with Gasteiger partial charge in [-0.25, -0.2) is 8.42 Å². The highest BCUT2D eigenvalue weighted by atomic mass is 35.5. The summed E-state index contributed by atoms with van der Waals surface area (Å²) in [6.45, 7) is 5.36. The van der Waals surface area contributed by atoms with E-state index in [-0.39, 0.29) is 10.8 Å². The van der Waals surface area contributed by atoms with Crippen molar-refractivity contribution >= 4 is 38.9 Å². The van der Waals surface area contributed by atoms with Crippen molar-refractivity contribution in [3.05, 3.63) is 52.5 Å². The SMILES string of the molecule is Cc1ccc(NS(=O)(=O)c2ccc3c(c2)C(C)(C)C(=O)N3)cc1Cl. The Bertz CT molecular complexity index is 952. The number of anilines is 2. The molecule has 0 unspecified atom stereocenters. The zero-order chi connectivity index (χ0) is 17.7. The molecule has 126 valence electrons. The van der Waals surface area contributed by atoms with Gasteiger partial charge < -0.3 is 5.32 Å². The predicted molar refractivity (Wildman–Crippen MR) is 95.1 cm³/mol. The summed E-state index contributed by atoms with van der Waals surface area (Å²) < 4.78 is 27.8. The number of rotatable bonds is 3. The van der Waals surface area contributed by atoms with E-state index in [4.69, 9.17) is 11.6 Å². The summed E-state index contributed by atoms with van der Waals surface area (Å²) in [6, 6.07) is 9.58.